The molecule has 23 heavy (non-hydrogen) atoms. The fraction of sp³-hybridized carbons (Fsp3) is 0.176. The van der Waals surface area contributed by atoms with Gasteiger partial charge < -0.3 is 15.4 Å². The van der Waals surface area contributed by atoms with Crippen molar-refractivity contribution in [1.82, 2.24) is 5.32 Å². The van der Waals surface area contributed by atoms with E-state index in [0.717, 1.165) is 4.47 Å². The van der Waals surface area contributed by atoms with Crippen LogP contribution in [0.1, 0.15) is 27.6 Å². The average Bonchev–Trinajstić information content (AvgIpc) is 2.55. The molecule has 0 aliphatic heterocycles. The van der Waals surface area contributed by atoms with Gasteiger partial charge in [0.05, 0.1) is 23.9 Å². The van der Waals surface area contributed by atoms with Gasteiger partial charge in [-0.05, 0) is 37.3 Å². The van der Waals surface area contributed by atoms with Gasteiger partial charge in [0.2, 0.25) is 0 Å². The molecule has 0 aliphatic rings. The van der Waals surface area contributed by atoms with Gasteiger partial charge in [0.25, 0.3) is 11.8 Å². The molecule has 0 bridgehead atoms. The van der Waals surface area contributed by atoms with Crippen LogP contribution in [0.15, 0.2) is 46.9 Å². The zero-order valence-electron chi connectivity index (χ0n) is 12.9. The zero-order valence-corrected chi connectivity index (χ0v) is 14.4. The molecule has 0 spiro atoms. The lowest BCUT2D eigenvalue weighted by atomic mass is 10.1. The maximum absolute atomic E-state index is 12.5. The Morgan fingerprint density at radius 2 is 1.83 bits per heavy atom. The lowest BCUT2D eigenvalue weighted by Gasteiger charge is -2.12. The maximum atomic E-state index is 12.5. The first-order valence-corrected chi connectivity index (χ1v) is 7.88. The average molecular weight is 377 g/mol. The number of rotatable bonds is 5. The summed E-state index contributed by atoms with van der Waals surface area (Å²) in [7, 11) is 1.50. The number of carbonyl (C=O) groups is 2. The molecule has 2 N–H and O–H groups in total. The Morgan fingerprint density at radius 1 is 1.09 bits per heavy atom. The molecule has 2 aromatic rings. The van der Waals surface area contributed by atoms with Crippen LogP contribution in [-0.2, 0) is 0 Å². The number of carbonyl (C=O) groups excluding carboxylic acids is 2. The summed E-state index contributed by atoms with van der Waals surface area (Å²) in [5, 5.41) is 5.49. The summed E-state index contributed by atoms with van der Waals surface area (Å²) < 4.78 is 5.98. The van der Waals surface area contributed by atoms with Crippen LogP contribution in [0.3, 0.4) is 0 Å². The second-order valence-electron chi connectivity index (χ2n) is 4.70. The van der Waals surface area contributed by atoms with E-state index in [1.54, 1.807) is 42.5 Å². The fourth-order valence-corrected chi connectivity index (χ4v) is 2.45. The summed E-state index contributed by atoms with van der Waals surface area (Å²) >= 11 is 3.34. The quantitative estimate of drug-likeness (QED) is 0.839. The number of amides is 2. The Hall–Kier alpha value is -2.34. The second-order valence-corrected chi connectivity index (χ2v) is 5.62. The fourth-order valence-electron chi connectivity index (χ4n) is 2.09. The van der Waals surface area contributed by atoms with Crippen molar-refractivity contribution in [3.8, 4) is 5.75 Å². The van der Waals surface area contributed by atoms with Gasteiger partial charge >= 0.3 is 0 Å². The molecule has 0 aromatic heterocycles. The van der Waals surface area contributed by atoms with Crippen molar-refractivity contribution >= 4 is 33.4 Å². The van der Waals surface area contributed by atoms with Crippen LogP contribution in [-0.4, -0.2) is 25.5 Å². The third kappa shape index (κ3) is 4.10. The molecule has 0 aliphatic carbocycles. The number of hydrogen-bond acceptors (Lipinski definition) is 3. The molecular weight excluding hydrogens is 360 g/mol. The lowest BCUT2D eigenvalue weighted by Crippen LogP contribution is -2.24. The van der Waals surface area contributed by atoms with Gasteiger partial charge in [-0.1, -0.05) is 28.1 Å². The van der Waals surface area contributed by atoms with E-state index in [0.29, 0.717) is 29.1 Å². The van der Waals surface area contributed by atoms with Crippen molar-refractivity contribution in [2.45, 2.75) is 6.92 Å². The first-order valence-electron chi connectivity index (χ1n) is 7.09. The standard InChI is InChI=1S/C17H17BrN2O3/c1-3-19-16(21)12-6-4-5-7-14(12)20-17(22)13-10-11(18)8-9-15(13)23-2/h4-10H,3H2,1-2H3,(H,19,21)(H,20,22). The predicted octanol–water partition coefficient (Wildman–Crippen LogP) is 3.46. The number of nitrogens with one attached hydrogen (secondary N) is 2. The zero-order chi connectivity index (χ0) is 16.8. The normalized spacial score (nSPS) is 10.0. The van der Waals surface area contributed by atoms with Crippen molar-refractivity contribution in [2.24, 2.45) is 0 Å². The summed E-state index contributed by atoms with van der Waals surface area (Å²) in [5.41, 5.74) is 1.25. The van der Waals surface area contributed by atoms with Crippen molar-refractivity contribution in [3.63, 3.8) is 0 Å². The molecule has 2 amide bonds. The number of ether oxygens (including phenoxy) is 1. The third-order valence-corrected chi connectivity index (χ3v) is 3.66. The van der Waals surface area contributed by atoms with Crippen LogP contribution in [0.2, 0.25) is 0 Å². The van der Waals surface area contributed by atoms with Crippen LogP contribution >= 0.6 is 15.9 Å². The SMILES string of the molecule is CCNC(=O)c1ccccc1NC(=O)c1cc(Br)ccc1OC. The minimum Gasteiger partial charge on any atom is -0.496 e. The highest BCUT2D eigenvalue weighted by atomic mass is 79.9. The Balaban J connectivity index is 2.31. The molecule has 0 saturated carbocycles. The lowest BCUT2D eigenvalue weighted by molar-refractivity contribution is 0.0956. The van der Waals surface area contributed by atoms with E-state index in [1.807, 2.05) is 6.92 Å². The predicted molar refractivity (Wildman–Crippen MR) is 93.1 cm³/mol. The third-order valence-electron chi connectivity index (χ3n) is 3.16. The molecule has 5 nitrogen and oxygen atoms in total. The summed E-state index contributed by atoms with van der Waals surface area (Å²) in [6.45, 7) is 2.35. The van der Waals surface area contributed by atoms with Crippen LogP contribution in [0, 0.1) is 0 Å². The number of anilines is 1. The maximum Gasteiger partial charge on any atom is 0.259 e. The molecule has 0 atom stereocenters. The Bertz CT molecular complexity index is 732. The van der Waals surface area contributed by atoms with Crippen LogP contribution in [0.5, 0.6) is 5.75 Å². The van der Waals surface area contributed by atoms with E-state index < -0.39 is 0 Å². The van der Waals surface area contributed by atoms with E-state index in [-0.39, 0.29) is 11.8 Å². The smallest absolute Gasteiger partial charge is 0.259 e. The molecular formula is C17H17BrN2O3. The van der Waals surface area contributed by atoms with Crippen LogP contribution in [0.4, 0.5) is 5.69 Å². The van der Waals surface area contributed by atoms with Gasteiger partial charge in [-0.15, -0.1) is 0 Å². The van der Waals surface area contributed by atoms with E-state index in [4.69, 9.17) is 4.74 Å². The van der Waals surface area contributed by atoms with Crippen molar-refractivity contribution in [3.05, 3.63) is 58.1 Å². The van der Waals surface area contributed by atoms with Crippen molar-refractivity contribution < 1.29 is 14.3 Å². The first kappa shape index (κ1) is 17.0. The molecule has 0 unspecified atom stereocenters. The summed E-state index contributed by atoms with van der Waals surface area (Å²) in [4.78, 5) is 24.6. The minimum absolute atomic E-state index is 0.232. The molecule has 0 fully saturated rings. The highest BCUT2D eigenvalue weighted by molar-refractivity contribution is 9.10. The minimum atomic E-state index is -0.347. The van der Waals surface area contributed by atoms with Crippen LogP contribution < -0.4 is 15.4 Å². The number of para-hydroxylation sites is 1. The molecule has 0 saturated heterocycles. The molecule has 0 radical (unpaired) electrons. The summed E-state index contributed by atoms with van der Waals surface area (Å²) in [6.07, 6.45) is 0. The number of hydrogen-bond donors (Lipinski definition) is 2. The number of benzene rings is 2. The van der Waals surface area contributed by atoms with Gasteiger partial charge in [-0.25, -0.2) is 0 Å². The molecule has 0 heterocycles. The van der Waals surface area contributed by atoms with E-state index in [1.165, 1.54) is 7.11 Å². The molecule has 120 valence electrons. The second kappa shape index (κ2) is 7.78. The molecule has 2 rings (SSSR count). The Morgan fingerprint density at radius 3 is 2.52 bits per heavy atom. The monoisotopic (exact) mass is 376 g/mol. The topological polar surface area (TPSA) is 67.4 Å². The Kier molecular flexibility index (Phi) is 5.76. The summed E-state index contributed by atoms with van der Waals surface area (Å²) in [5.74, 6) is -0.120. The van der Waals surface area contributed by atoms with Crippen LogP contribution in [0.25, 0.3) is 0 Å². The highest BCUT2D eigenvalue weighted by Gasteiger charge is 2.16. The van der Waals surface area contributed by atoms with E-state index >= 15 is 0 Å². The summed E-state index contributed by atoms with van der Waals surface area (Å²) in [6, 6.07) is 12.0. The van der Waals surface area contributed by atoms with Gasteiger partial charge in [0, 0.05) is 11.0 Å². The first-order chi connectivity index (χ1) is 11.1. The van der Waals surface area contributed by atoms with E-state index in [2.05, 4.69) is 26.6 Å². The van der Waals surface area contributed by atoms with Crippen molar-refractivity contribution in [1.29, 1.82) is 0 Å². The molecule has 2 aromatic carbocycles. The molecule has 6 heteroatoms. The Labute approximate surface area is 143 Å². The largest absolute Gasteiger partial charge is 0.496 e. The van der Waals surface area contributed by atoms with E-state index in [9.17, 15) is 9.59 Å². The number of halogens is 1. The van der Waals surface area contributed by atoms with Crippen molar-refractivity contribution in [2.75, 3.05) is 19.0 Å². The van der Waals surface area contributed by atoms with Gasteiger partial charge in [0.1, 0.15) is 5.75 Å². The van der Waals surface area contributed by atoms with Gasteiger partial charge in [-0.2, -0.15) is 0 Å². The highest BCUT2D eigenvalue weighted by Crippen LogP contribution is 2.25. The van der Waals surface area contributed by atoms with Gasteiger partial charge in [-0.3, -0.25) is 9.59 Å². The number of methoxy groups -OCH3 is 1. The van der Waals surface area contributed by atoms with Gasteiger partial charge in [0.15, 0.2) is 0 Å².